The minimum atomic E-state index is -5.09. The monoisotopic (exact) mass is 519 g/mol. The molecule has 1 aromatic carbocycles. The number of benzene rings is 1. The van der Waals surface area contributed by atoms with Gasteiger partial charge < -0.3 is 14.8 Å². The zero-order valence-corrected chi connectivity index (χ0v) is 19.4. The number of halogens is 4. The molecule has 2 heterocycles. The molecule has 15 heteroatoms. The minimum absolute atomic E-state index is 0.0345. The van der Waals surface area contributed by atoms with Gasteiger partial charge in [0.2, 0.25) is 0 Å². The fourth-order valence-electron chi connectivity index (χ4n) is 2.79. The lowest BCUT2D eigenvalue weighted by Crippen LogP contribution is -2.29. The van der Waals surface area contributed by atoms with Crippen molar-refractivity contribution >= 4 is 27.3 Å². The SMILES string of the molecule is COc1nc([C@H](C)NC(=O)c2cc(OC(F)(F)F)cc(S(C)(=O)=O)c2)n(-c2ccc(Cl)cn2)n1. The van der Waals surface area contributed by atoms with E-state index in [1.165, 1.54) is 24.9 Å². The molecule has 0 aliphatic carbocycles. The van der Waals surface area contributed by atoms with E-state index < -0.39 is 38.8 Å². The summed E-state index contributed by atoms with van der Waals surface area (Å²) >= 11 is 5.86. The third-order valence-corrected chi connectivity index (χ3v) is 5.58. The molecule has 0 bridgehead atoms. The molecule has 2 aromatic heterocycles. The molecule has 182 valence electrons. The van der Waals surface area contributed by atoms with Gasteiger partial charge in [0.15, 0.2) is 21.5 Å². The van der Waals surface area contributed by atoms with Crippen molar-refractivity contribution in [1.82, 2.24) is 25.1 Å². The number of rotatable bonds is 7. The standard InChI is InChI=1S/C19H17ClF3N5O5S/c1-10(16-26-18(32-2)27-28(16)15-5-4-12(20)9-24-15)25-17(29)11-6-13(33-19(21,22)23)8-14(7-11)34(3,30)31/h4-10H,1-3H3,(H,25,29)/t10-/m0/s1. The van der Waals surface area contributed by atoms with Crippen molar-refractivity contribution in [3.8, 4) is 17.6 Å². The predicted molar refractivity (Wildman–Crippen MR) is 113 cm³/mol. The number of carbonyl (C=O) groups excluding carboxylic acids is 1. The number of alkyl halides is 3. The summed E-state index contributed by atoms with van der Waals surface area (Å²) in [6.45, 7) is 1.53. The number of pyridine rings is 1. The molecule has 0 saturated heterocycles. The van der Waals surface area contributed by atoms with E-state index in [4.69, 9.17) is 16.3 Å². The van der Waals surface area contributed by atoms with E-state index in [0.717, 1.165) is 18.4 Å². The highest BCUT2D eigenvalue weighted by molar-refractivity contribution is 7.90. The average Bonchev–Trinajstić information content (AvgIpc) is 3.17. The number of nitrogens with one attached hydrogen (secondary N) is 1. The van der Waals surface area contributed by atoms with Crippen LogP contribution in [0.2, 0.25) is 5.02 Å². The third-order valence-electron chi connectivity index (χ3n) is 4.26. The molecule has 1 atom stereocenters. The zero-order chi connectivity index (χ0) is 25.3. The van der Waals surface area contributed by atoms with E-state index in [1.54, 1.807) is 12.1 Å². The maximum atomic E-state index is 12.8. The molecule has 0 aliphatic rings. The molecule has 0 unspecified atom stereocenters. The van der Waals surface area contributed by atoms with Crippen LogP contribution in [0.1, 0.15) is 29.1 Å². The van der Waals surface area contributed by atoms with Gasteiger partial charge in [-0.05, 0) is 37.3 Å². The molecule has 3 rings (SSSR count). The number of methoxy groups -OCH3 is 1. The van der Waals surface area contributed by atoms with Gasteiger partial charge in [-0.3, -0.25) is 4.79 Å². The van der Waals surface area contributed by atoms with Gasteiger partial charge in [0.1, 0.15) is 5.75 Å². The fourth-order valence-corrected chi connectivity index (χ4v) is 3.57. The number of nitrogens with zero attached hydrogens (tertiary/aromatic N) is 4. The zero-order valence-electron chi connectivity index (χ0n) is 17.8. The normalized spacial score (nSPS) is 12.8. The fraction of sp³-hybridized carbons (Fsp3) is 0.263. The summed E-state index contributed by atoms with van der Waals surface area (Å²) in [6.07, 6.45) is -2.93. The van der Waals surface area contributed by atoms with Crippen LogP contribution in [0.25, 0.3) is 5.82 Å². The van der Waals surface area contributed by atoms with E-state index in [0.29, 0.717) is 16.9 Å². The molecular formula is C19H17ClF3N5O5S. The Bertz CT molecular complexity index is 1310. The lowest BCUT2D eigenvalue weighted by molar-refractivity contribution is -0.274. The van der Waals surface area contributed by atoms with Gasteiger partial charge in [-0.2, -0.15) is 9.67 Å². The summed E-state index contributed by atoms with van der Waals surface area (Å²) in [5.74, 6) is -1.27. The van der Waals surface area contributed by atoms with Gasteiger partial charge in [-0.1, -0.05) is 11.6 Å². The number of ether oxygens (including phenoxy) is 2. The Kier molecular flexibility index (Phi) is 7.02. The van der Waals surface area contributed by atoms with Crippen molar-refractivity contribution in [2.24, 2.45) is 0 Å². The molecule has 1 N–H and O–H groups in total. The molecule has 3 aromatic rings. The van der Waals surface area contributed by atoms with Crippen LogP contribution in [0.5, 0.6) is 11.8 Å². The van der Waals surface area contributed by atoms with E-state index in [1.807, 2.05) is 0 Å². The van der Waals surface area contributed by atoms with E-state index in [-0.39, 0.29) is 17.4 Å². The highest BCUT2D eigenvalue weighted by atomic mass is 35.5. The molecule has 0 radical (unpaired) electrons. The van der Waals surface area contributed by atoms with Crippen LogP contribution in [0.3, 0.4) is 0 Å². The Labute approximate surface area is 196 Å². The number of hydrogen-bond acceptors (Lipinski definition) is 8. The van der Waals surface area contributed by atoms with Crippen LogP contribution in [0.15, 0.2) is 41.4 Å². The highest BCUT2D eigenvalue weighted by Gasteiger charge is 2.32. The van der Waals surface area contributed by atoms with E-state index in [9.17, 15) is 26.4 Å². The first-order valence-electron chi connectivity index (χ1n) is 9.31. The predicted octanol–water partition coefficient (Wildman–Crippen LogP) is 3.12. The van der Waals surface area contributed by atoms with Gasteiger partial charge in [0, 0.05) is 18.0 Å². The number of amides is 1. The second-order valence-electron chi connectivity index (χ2n) is 6.91. The number of hydrogen-bond donors (Lipinski definition) is 1. The summed E-state index contributed by atoms with van der Waals surface area (Å²) in [5, 5.41) is 7.05. The van der Waals surface area contributed by atoms with Gasteiger partial charge in [-0.15, -0.1) is 18.3 Å². The lowest BCUT2D eigenvalue weighted by atomic mass is 10.2. The van der Waals surface area contributed by atoms with Gasteiger partial charge in [0.05, 0.1) is 23.1 Å². The van der Waals surface area contributed by atoms with Crippen LogP contribution >= 0.6 is 11.6 Å². The summed E-state index contributed by atoms with van der Waals surface area (Å²) in [6, 6.07) is 4.59. The van der Waals surface area contributed by atoms with Gasteiger partial charge in [-0.25, -0.2) is 13.4 Å². The van der Waals surface area contributed by atoms with E-state index >= 15 is 0 Å². The Hall–Kier alpha value is -3.39. The number of sulfone groups is 1. The van der Waals surface area contributed by atoms with Crippen LogP contribution in [-0.2, 0) is 9.84 Å². The molecule has 0 spiro atoms. The lowest BCUT2D eigenvalue weighted by Gasteiger charge is -2.16. The van der Waals surface area contributed by atoms with Crippen LogP contribution in [0, 0.1) is 0 Å². The largest absolute Gasteiger partial charge is 0.573 e. The summed E-state index contributed by atoms with van der Waals surface area (Å²) in [5.41, 5.74) is -0.378. The summed E-state index contributed by atoms with van der Waals surface area (Å²) in [7, 11) is -2.62. The van der Waals surface area contributed by atoms with Crippen molar-refractivity contribution in [1.29, 1.82) is 0 Å². The van der Waals surface area contributed by atoms with Crippen LogP contribution in [0.4, 0.5) is 13.2 Å². The average molecular weight is 520 g/mol. The van der Waals surface area contributed by atoms with Crippen molar-refractivity contribution in [2.75, 3.05) is 13.4 Å². The molecule has 0 aliphatic heterocycles. The third kappa shape index (κ3) is 6.14. The molecule has 0 fully saturated rings. The first kappa shape index (κ1) is 25.2. The molecule has 0 saturated carbocycles. The Morgan fingerprint density at radius 2 is 1.94 bits per heavy atom. The first-order chi connectivity index (χ1) is 15.8. The maximum Gasteiger partial charge on any atom is 0.573 e. The number of aromatic nitrogens is 4. The maximum absolute atomic E-state index is 12.8. The summed E-state index contributed by atoms with van der Waals surface area (Å²) in [4.78, 5) is 20.6. The van der Waals surface area contributed by atoms with Crippen molar-refractivity contribution in [3.63, 3.8) is 0 Å². The topological polar surface area (TPSA) is 125 Å². The second-order valence-corrected chi connectivity index (χ2v) is 9.36. The first-order valence-corrected chi connectivity index (χ1v) is 11.6. The van der Waals surface area contributed by atoms with Crippen LogP contribution in [-0.4, -0.2) is 53.8 Å². The quantitative estimate of drug-likeness (QED) is 0.505. The molecule has 34 heavy (non-hydrogen) atoms. The van der Waals surface area contributed by atoms with Crippen molar-refractivity contribution < 1.29 is 35.9 Å². The Morgan fingerprint density at radius 1 is 1.24 bits per heavy atom. The molecule has 10 nitrogen and oxygen atoms in total. The van der Waals surface area contributed by atoms with Crippen molar-refractivity contribution in [2.45, 2.75) is 24.2 Å². The second kappa shape index (κ2) is 9.46. The van der Waals surface area contributed by atoms with Gasteiger partial charge >= 0.3 is 12.4 Å². The van der Waals surface area contributed by atoms with E-state index in [2.05, 4.69) is 25.1 Å². The smallest absolute Gasteiger partial charge is 0.466 e. The number of carbonyl (C=O) groups is 1. The van der Waals surface area contributed by atoms with Gasteiger partial charge in [0.25, 0.3) is 5.91 Å². The Balaban J connectivity index is 1.95. The molecular weight excluding hydrogens is 503 g/mol. The van der Waals surface area contributed by atoms with Crippen LogP contribution < -0.4 is 14.8 Å². The Morgan fingerprint density at radius 3 is 2.50 bits per heavy atom. The minimum Gasteiger partial charge on any atom is -0.466 e. The molecule has 1 amide bonds. The van der Waals surface area contributed by atoms with Crippen molar-refractivity contribution in [3.05, 3.63) is 52.9 Å². The highest BCUT2D eigenvalue weighted by Crippen LogP contribution is 2.27. The summed E-state index contributed by atoms with van der Waals surface area (Å²) < 4.78 is 72.0.